The molecule has 5 nitrogen and oxygen atoms in total. The molecule has 0 atom stereocenters. The molecular formula is C23H17Cl2N3O2S. The van der Waals surface area contributed by atoms with Crippen LogP contribution in [0.2, 0.25) is 10.0 Å². The van der Waals surface area contributed by atoms with E-state index in [1.54, 1.807) is 54.6 Å². The molecule has 0 unspecified atom stereocenters. The van der Waals surface area contributed by atoms with Crippen LogP contribution in [-0.4, -0.2) is 21.2 Å². The highest BCUT2D eigenvalue weighted by Crippen LogP contribution is 2.24. The third-order valence-electron chi connectivity index (χ3n) is 4.64. The van der Waals surface area contributed by atoms with Crippen molar-refractivity contribution in [2.45, 2.75) is 12.1 Å². The number of aromatic nitrogens is 2. The zero-order valence-electron chi connectivity index (χ0n) is 16.4. The van der Waals surface area contributed by atoms with Gasteiger partial charge in [-0.05, 0) is 61.0 Å². The van der Waals surface area contributed by atoms with Gasteiger partial charge in [-0.2, -0.15) is 0 Å². The summed E-state index contributed by atoms with van der Waals surface area (Å²) >= 11 is 13.2. The van der Waals surface area contributed by atoms with E-state index >= 15 is 0 Å². The second-order valence-corrected chi connectivity index (χ2v) is 8.64. The molecule has 0 saturated carbocycles. The monoisotopic (exact) mass is 469 g/mol. The van der Waals surface area contributed by atoms with Crippen molar-refractivity contribution in [3.63, 3.8) is 0 Å². The van der Waals surface area contributed by atoms with Crippen LogP contribution in [0.15, 0.2) is 76.7 Å². The van der Waals surface area contributed by atoms with E-state index < -0.39 is 0 Å². The lowest BCUT2D eigenvalue weighted by Gasteiger charge is -2.14. The summed E-state index contributed by atoms with van der Waals surface area (Å²) in [7, 11) is 0. The Morgan fingerprint density at radius 3 is 2.52 bits per heavy atom. The number of hydrogen-bond acceptors (Lipinski definition) is 4. The minimum absolute atomic E-state index is 0.0737. The molecule has 3 aromatic carbocycles. The van der Waals surface area contributed by atoms with E-state index in [9.17, 15) is 9.59 Å². The number of thioether (sulfide) groups is 1. The molecule has 0 bridgehead atoms. The van der Waals surface area contributed by atoms with Crippen molar-refractivity contribution in [3.8, 4) is 5.69 Å². The Morgan fingerprint density at radius 1 is 1.03 bits per heavy atom. The van der Waals surface area contributed by atoms with Gasteiger partial charge in [-0.25, -0.2) is 4.98 Å². The van der Waals surface area contributed by atoms with Crippen LogP contribution < -0.4 is 10.9 Å². The summed E-state index contributed by atoms with van der Waals surface area (Å²) < 4.78 is 1.50. The fraction of sp³-hybridized carbons (Fsp3) is 0.0870. The van der Waals surface area contributed by atoms with Crippen LogP contribution in [-0.2, 0) is 4.79 Å². The normalized spacial score (nSPS) is 10.9. The molecular weight excluding hydrogens is 453 g/mol. The van der Waals surface area contributed by atoms with Crippen LogP contribution in [0.5, 0.6) is 0 Å². The molecule has 0 radical (unpaired) electrons. The first-order chi connectivity index (χ1) is 14.9. The topological polar surface area (TPSA) is 64.0 Å². The van der Waals surface area contributed by atoms with E-state index in [2.05, 4.69) is 10.3 Å². The lowest BCUT2D eigenvalue weighted by atomic mass is 10.2. The molecule has 0 saturated heterocycles. The predicted molar refractivity (Wildman–Crippen MR) is 128 cm³/mol. The fourth-order valence-corrected chi connectivity index (χ4v) is 4.18. The summed E-state index contributed by atoms with van der Waals surface area (Å²) in [6.07, 6.45) is 0. The number of benzene rings is 3. The molecule has 4 aromatic rings. The summed E-state index contributed by atoms with van der Waals surface area (Å²) in [5, 5.41) is 4.89. The van der Waals surface area contributed by atoms with E-state index in [1.165, 1.54) is 16.3 Å². The first-order valence-corrected chi connectivity index (χ1v) is 11.1. The number of carbonyl (C=O) groups excluding carboxylic acids is 1. The van der Waals surface area contributed by atoms with Gasteiger partial charge in [0.2, 0.25) is 5.91 Å². The molecule has 8 heteroatoms. The second-order valence-electron chi connectivity index (χ2n) is 6.82. The van der Waals surface area contributed by atoms with Gasteiger partial charge in [-0.15, -0.1) is 0 Å². The average Bonchev–Trinajstić information content (AvgIpc) is 2.76. The second kappa shape index (κ2) is 9.14. The van der Waals surface area contributed by atoms with Gasteiger partial charge in [0.1, 0.15) is 0 Å². The molecule has 156 valence electrons. The lowest BCUT2D eigenvalue weighted by Crippen LogP contribution is -2.23. The third kappa shape index (κ3) is 4.77. The Balaban J connectivity index is 1.67. The molecule has 0 aliphatic heterocycles. The molecule has 1 aromatic heterocycles. The van der Waals surface area contributed by atoms with Gasteiger partial charge in [-0.1, -0.05) is 53.2 Å². The minimum Gasteiger partial charge on any atom is -0.325 e. The van der Waals surface area contributed by atoms with Crippen molar-refractivity contribution >= 4 is 57.5 Å². The molecule has 31 heavy (non-hydrogen) atoms. The summed E-state index contributed by atoms with van der Waals surface area (Å²) in [5.41, 5.74) is 2.55. The average molecular weight is 470 g/mol. The van der Waals surface area contributed by atoms with E-state index in [0.717, 1.165) is 5.56 Å². The van der Waals surface area contributed by atoms with Crippen molar-refractivity contribution < 1.29 is 4.79 Å². The molecule has 0 aliphatic carbocycles. The first-order valence-electron chi connectivity index (χ1n) is 9.39. The number of nitrogens with zero attached hydrogens (tertiary/aromatic N) is 2. The number of hydrogen-bond donors (Lipinski definition) is 1. The Labute approximate surface area is 193 Å². The van der Waals surface area contributed by atoms with Gasteiger partial charge in [0.25, 0.3) is 5.56 Å². The van der Waals surface area contributed by atoms with Crippen LogP contribution in [0.4, 0.5) is 5.69 Å². The van der Waals surface area contributed by atoms with Crippen molar-refractivity contribution in [1.82, 2.24) is 9.55 Å². The molecule has 4 rings (SSSR count). The number of para-hydroxylation sites is 1. The maximum Gasteiger partial charge on any atom is 0.266 e. The van der Waals surface area contributed by atoms with Crippen molar-refractivity contribution in [3.05, 3.63) is 92.7 Å². The summed E-state index contributed by atoms with van der Waals surface area (Å²) in [5.74, 6) is -0.148. The maximum absolute atomic E-state index is 13.2. The standard InChI is InChI=1S/C23H17Cl2N3O2S/c1-14-6-7-16(25)12-20(14)26-21(29)13-31-23-27-19-5-3-2-4-18(19)22(30)28(23)17-10-8-15(24)9-11-17/h2-12H,13H2,1H3,(H,26,29). The zero-order valence-corrected chi connectivity index (χ0v) is 18.8. The third-order valence-corrected chi connectivity index (χ3v) is 6.06. The Kier molecular flexibility index (Phi) is 6.32. The van der Waals surface area contributed by atoms with E-state index in [1.807, 2.05) is 19.1 Å². The van der Waals surface area contributed by atoms with Gasteiger partial charge >= 0.3 is 0 Å². The Hall–Kier alpha value is -2.80. The Bertz CT molecular complexity index is 1340. The van der Waals surface area contributed by atoms with Gasteiger partial charge < -0.3 is 5.32 Å². The number of amides is 1. The van der Waals surface area contributed by atoms with Crippen molar-refractivity contribution in [2.24, 2.45) is 0 Å². The molecule has 0 spiro atoms. The SMILES string of the molecule is Cc1ccc(Cl)cc1NC(=O)CSc1nc2ccccc2c(=O)n1-c1ccc(Cl)cc1. The molecule has 1 N–H and O–H groups in total. The number of anilines is 1. The highest BCUT2D eigenvalue weighted by Gasteiger charge is 2.15. The quantitative estimate of drug-likeness (QED) is 0.299. The predicted octanol–water partition coefficient (Wildman–Crippen LogP) is 5.73. The highest BCUT2D eigenvalue weighted by atomic mass is 35.5. The smallest absolute Gasteiger partial charge is 0.266 e. The molecule has 1 heterocycles. The molecule has 0 aliphatic rings. The lowest BCUT2D eigenvalue weighted by molar-refractivity contribution is -0.113. The largest absolute Gasteiger partial charge is 0.325 e. The number of carbonyl (C=O) groups is 1. The maximum atomic E-state index is 13.2. The summed E-state index contributed by atoms with van der Waals surface area (Å²) in [6.45, 7) is 1.89. The summed E-state index contributed by atoms with van der Waals surface area (Å²) in [4.78, 5) is 30.4. The minimum atomic E-state index is -0.222. The van der Waals surface area contributed by atoms with Crippen LogP contribution in [0, 0.1) is 6.92 Å². The van der Waals surface area contributed by atoms with Gasteiger partial charge in [0, 0.05) is 15.7 Å². The van der Waals surface area contributed by atoms with E-state index in [0.29, 0.717) is 37.5 Å². The molecule has 0 fully saturated rings. The van der Waals surface area contributed by atoms with Gasteiger partial charge in [-0.3, -0.25) is 14.2 Å². The Morgan fingerprint density at radius 2 is 1.74 bits per heavy atom. The van der Waals surface area contributed by atoms with E-state index in [-0.39, 0.29) is 17.2 Å². The number of halogens is 2. The van der Waals surface area contributed by atoms with Gasteiger partial charge in [0.05, 0.1) is 22.3 Å². The highest BCUT2D eigenvalue weighted by molar-refractivity contribution is 7.99. The fourth-order valence-electron chi connectivity index (χ4n) is 3.07. The molecule has 1 amide bonds. The number of aryl methyl sites for hydroxylation is 1. The van der Waals surface area contributed by atoms with Crippen LogP contribution in [0.3, 0.4) is 0 Å². The van der Waals surface area contributed by atoms with Crippen LogP contribution in [0.1, 0.15) is 5.56 Å². The number of fused-ring (bicyclic) bond motifs is 1. The van der Waals surface area contributed by atoms with Crippen LogP contribution >= 0.6 is 35.0 Å². The van der Waals surface area contributed by atoms with Crippen molar-refractivity contribution in [1.29, 1.82) is 0 Å². The number of rotatable bonds is 5. The number of nitrogens with one attached hydrogen (secondary N) is 1. The van der Waals surface area contributed by atoms with Crippen molar-refractivity contribution in [2.75, 3.05) is 11.1 Å². The van der Waals surface area contributed by atoms with Crippen LogP contribution in [0.25, 0.3) is 16.6 Å². The summed E-state index contributed by atoms with van der Waals surface area (Å²) in [6, 6.07) is 19.4. The van der Waals surface area contributed by atoms with Gasteiger partial charge in [0.15, 0.2) is 5.16 Å². The van der Waals surface area contributed by atoms with E-state index in [4.69, 9.17) is 23.2 Å². The zero-order chi connectivity index (χ0) is 22.0. The first kappa shape index (κ1) is 21.4.